The molecule has 4 nitrogen and oxygen atoms in total. The van der Waals surface area contributed by atoms with E-state index >= 15 is 0 Å². The topological polar surface area (TPSA) is 43.1 Å². The van der Waals surface area contributed by atoms with Crippen LogP contribution in [0.2, 0.25) is 0 Å². The third-order valence-electron chi connectivity index (χ3n) is 10.8. The van der Waals surface area contributed by atoms with Crippen molar-refractivity contribution >= 4 is 27.4 Å². The summed E-state index contributed by atoms with van der Waals surface area (Å²) >= 11 is 0. The van der Waals surface area contributed by atoms with Gasteiger partial charge in [0.2, 0.25) is 0 Å². The molecule has 0 bridgehead atoms. The summed E-state index contributed by atoms with van der Waals surface area (Å²) in [4.78, 5) is 11.7. The molecule has 8 rings (SSSR count). The maximum Gasteiger partial charge on any atom is 0.0435 e. The molecule has 1 aliphatic heterocycles. The smallest absolute Gasteiger partial charge is 0.0435 e. The predicted octanol–water partition coefficient (Wildman–Crippen LogP) is 12.9. The third kappa shape index (κ3) is 10.0. The van der Waals surface area contributed by atoms with Crippen molar-refractivity contribution in [1.29, 1.82) is 0 Å². The van der Waals surface area contributed by atoms with Gasteiger partial charge in [0, 0.05) is 63.2 Å². The van der Waals surface area contributed by atoms with Gasteiger partial charge in [-0.25, -0.2) is 0 Å². The number of fused-ring (bicyclic) bond motifs is 4. The Hall–Kier alpha value is -3.93. The van der Waals surface area contributed by atoms with Gasteiger partial charge in [0.15, 0.2) is 0 Å². The molecule has 4 atom stereocenters. The number of likely N-dealkylation sites (N-methyl/N-ethyl adjacent to an activating group) is 1. The van der Waals surface area contributed by atoms with Crippen LogP contribution in [-0.2, 0) is 25.8 Å². The van der Waals surface area contributed by atoms with Crippen molar-refractivity contribution in [1.82, 2.24) is 9.97 Å². The molecule has 282 valence electrons. The van der Waals surface area contributed by atoms with Gasteiger partial charge < -0.3 is 22.6 Å². The number of benzene rings is 4. The minimum absolute atomic E-state index is 0. The quantitative estimate of drug-likeness (QED) is 0.0984. The van der Waals surface area contributed by atoms with Gasteiger partial charge in [-0.2, -0.15) is 49.2 Å². The summed E-state index contributed by atoms with van der Waals surface area (Å²) in [5.41, 5.74) is 8.71. The Morgan fingerprint density at radius 3 is 1.93 bits per heavy atom. The van der Waals surface area contributed by atoms with Gasteiger partial charge in [0.25, 0.3) is 0 Å². The Bertz CT molecular complexity index is 1960. The van der Waals surface area contributed by atoms with Gasteiger partial charge in [-0.3, -0.25) is 4.98 Å². The molecule has 2 aliphatic rings. The molecule has 2 fully saturated rings. The fourth-order valence-electron chi connectivity index (χ4n) is 8.13. The van der Waals surface area contributed by atoms with Gasteiger partial charge in [0.05, 0.1) is 0 Å². The Kier molecular flexibility index (Phi) is 15.9. The van der Waals surface area contributed by atoms with E-state index < -0.39 is 0 Å². The molecule has 54 heavy (non-hydrogen) atoms. The molecule has 5 heteroatoms. The van der Waals surface area contributed by atoms with E-state index in [2.05, 4.69) is 99.9 Å². The maximum absolute atomic E-state index is 5.69. The van der Waals surface area contributed by atoms with Crippen LogP contribution in [0.4, 0.5) is 5.69 Å². The number of pyridine rings is 2. The molecule has 0 amide bonds. The van der Waals surface area contributed by atoms with Gasteiger partial charge in [-0.15, -0.1) is 59.4 Å². The summed E-state index contributed by atoms with van der Waals surface area (Å²) in [6, 6.07) is 37.6. The van der Waals surface area contributed by atoms with E-state index in [-0.39, 0.29) is 39.3 Å². The van der Waals surface area contributed by atoms with Gasteiger partial charge in [0.1, 0.15) is 0 Å². The zero-order valence-corrected chi connectivity index (χ0v) is 36.8. The molecule has 0 radical (unpaired) electrons. The van der Waals surface area contributed by atoms with Crippen molar-refractivity contribution in [2.24, 2.45) is 5.92 Å². The Morgan fingerprint density at radius 2 is 1.35 bits per heavy atom. The van der Waals surface area contributed by atoms with Gasteiger partial charge in [-0.05, 0) is 34.9 Å². The zero-order chi connectivity index (χ0) is 36.6. The summed E-state index contributed by atoms with van der Waals surface area (Å²) in [6.45, 7) is 16.7. The van der Waals surface area contributed by atoms with Crippen molar-refractivity contribution < 1.29 is 25.8 Å². The first-order chi connectivity index (χ1) is 25.2. The second-order valence-electron chi connectivity index (χ2n) is 15.0. The summed E-state index contributed by atoms with van der Waals surface area (Å²) in [7, 11) is 2.34. The molecule has 6 aromatic rings. The fraction of sp³-hybridized carbons (Fsp3) is 0.327. The van der Waals surface area contributed by atoms with E-state index in [1.807, 2.05) is 85.3 Å². The number of hydrogen-bond acceptors (Lipinski definition) is 3. The van der Waals surface area contributed by atoms with Crippen LogP contribution in [-0.4, -0.2) is 29.1 Å². The van der Waals surface area contributed by atoms with Crippen LogP contribution in [0, 0.1) is 33.3 Å². The average Bonchev–Trinajstić information content (AvgIpc) is 3.17. The monoisotopic (exact) mass is 881 g/mol. The molecule has 0 spiro atoms. The molecule has 1 aliphatic carbocycles. The average molecular weight is 881 g/mol. The molecule has 1 saturated heterocycles. The maximum atomic E-state index is 5.69. The Morgan fingerprint density at radius 1 is 0.722 bits per heavy atom. The van der Waals surface area contributed by atoms with Crippen molar-refractivity contribution in [3.8, 4) is 0 Å². The van der Waals surface area contributed by atoms with E-state index in [0.717, 1.165) is 33.8 Å². The van der Waals surface area contributed by atoms with Crippen molar-refractivity contribution in [3.05, 3.63) is 176 Å². The molecule has 2 aromatic heterocycles. The van der Waals surface area contributed by atoms with E-state index in [9.17, 15) is 0 Å². The number of anilines is 1. The first kappa shape index (κ1) is 42.8. The van der Waals surface area contributed by atoms with Crippen LogP contribution in [0.3, 0.4) is 0 Å². The van der Waals surface area contributed by atoms with Crippen LogP contribution in [0.5, 0.6) is 0 Å². The molecule has 1 saturated carbocycles. The molecular formula is C49H57HfN4-5. The van der Waals surface area contributed by atoms with Crippen LogP contribution < -0.4 is 4.90 Å². The second kappa shape index (κ2) is 20.1. The summed E-state index contributed by atoms with van der Waals surface area (Å²) in [6.07, 6.45) is 11.8. The van der Waals surface area contributed by atoms with Crippen LogP contribution >= 0.6 is 0 Å². The zero-order valence-electron chi connectivity index (χ0n) is 33.2. The number of hydrogen-bond donors (Lipinski definition) is 0. The Balaban J connectivity index is 0.000000340. The number of para-hydroxylation sites is 1. The molecule has 4 aromatic carbocycles. The van der Waals surface area contributed by atoms with Gasteiger partial charge in [-0.1, -0.05) is 113 Å². The van der Waals surface area contributed by atoms with E-state index in [4.69, 9.17) is 5.32 Å². The normalized spacial score (nSPS) is 18.9. The van der Waals surface area contributed by atoms with Crippen molar-refractivity contribution in [3.63, 3.8) is 0 Å². The SMILES string of the molecule is CC(C)c1cccc(C(C)C)c1N(C)C1CCCC2CCC(c3[c-]c4cccnc4c4cnccc34)[N-]C21.[CH2-]c1ccccc1.[CH2-]c1ccccc1.[CH3-].[Hf]. The fourth-order valence-corrected chi connectivity index (χ4v) is 8.13. The summed E-state index contributed by atoms with van der Waals surface area (Å²) in [5, 5.41) is 9.06. The molecule has 0 N–H and O–H groups in total. The molecule has 4 unspecified atom stereocenters. The number of rotatable bonds is 5. The van der Waals surface area contributed by atoms with Crippen molar-refractivity contribution in [2.45, 2.75) is 89.8 Å². The van der Waals surface area contributed by atoms with E-state index in [1.165, 1.54) is 53.4 Å². The third-order valence-corrected chi connectivity index (χ3v) is 10.8. The number of aromatic nitrogens is 2. The second-order valence-corrected chi connectivity index (χ2v) is 15.0. The van der Waals surface area contributed by atoms with Gasteiger partial charge >= 0.3 is 0 Å². The minimum atomic E-state index is 0. The standard InChI is InChI=1S/C34H40N4.2C7H7.CH3.Hf/c1-21(2)25-11-7-12-26(22(3)4)34(25)38(5)31-13-6-9-23-14-15-30(37-33(23)31)28-19-24-10-8-17-36-32(24)29-20-35-18-16-27(28)29;2*1-7-5-3-2-4-6-7;;/h7-8,10-12,16-18,20-23,30-31,33H,6,9,13-15H2,1-5H3;2*2-6H,1H2;1H3;/q-2;3*-1;. The predicted molar refractivity (Wildman–Crippen MR) is 227 cm³/mol. The van der Waals surface area contributed by atoms with Crippen LogP contribution in [0.25, 0.3) is 27.0 Å². The summed E-state index contributed by atoms with van der Waals surface area (Å²) in [5.74, 6) is 1.64. The molecule has 3 heterocycles. The Labute approximate surface area is 345 Å². The largest absolute Gasteiger partial charge is 0.652 e. The summed E-state index contributed by atoms with van der Waals surface area (Å²) < 4.78 is 0. The first-order valence-corrected chi connectivity index (χ1v) is 19.1. The minimum Gasteiger partial charge on any atom is -0.652 e. The van der Waals surface area contributed by atoms with Crippen molar-refractivity contribution in [2.75, 3.05) is 11.9 Å². The number of piperidine rings is 1. The van der Waals surface area contributed by atoms with E-state index in [1.54, 1.807) is 0 Å². The number of nitrogens with zero attached hydrogens (tertiary/aromatic N) is 4. The van der Waals surface area contributed by atoms with Crippen LogP contribution in [0.15, 0.2) is 116 Å². The first-order valence-electron chi connectivity index (χ1n) is 19.1. The van der Waals surface area contributed by atoms with Crippen LogP contribution in [0.1, 0.15) is 105 Å². The molecular weight excluding hydrogens is 823 g/mol. The van der Waals surface area contributed by atoms with E-state index in [0.29, 0.717) is 29.8 Å².